The largest absolute Gasteiger partial charge is 0.435 e. The first-order chi connectivity index (χ1) is 21.7. The molecule has 2 unspecified atom stereocenters. The van der Waals surface area contributed by atoms with Gasteiger partial charge in [-0.05, 0) is 60.4 Å². The Labute approximate surface area is 263 Å². The highest BCUT2D eigenvalue weighted by molar-refractivity contribution is 6.31. The third-order valence-electron chi connectivity index (χ3n) is 7.66. The molecule has 4 aromatic rings. The van der Waals surface area contributed by atoms with Crippen LogP contribution in [0.1, 0.15) is 43.5 Å². The molecule has 2 aromatic heterocycles. The minimum absolute atomic E-state index is 0.00107. The third-order valence-corrected chi connectivity index (χ3v) is 7.90. The first-order valence-corrected chi connectivity index (χ1v) is 14.7. The summed E-state index contributed by atoms with van der Waals surface area (Å²) in [5.74, 6) is -0.486. The number of amides is 1. The minimum atomic E-state index is -2.97. The van der Waals surface area contributed by atoms with Crippen LogP contribution in [0.5, 0.6) is 5.75 Å². The predicted octanol–water partition coefficient (Wildman–Crippen LogP) is 5.97. The van der Waals surface area contributed by atoms with Crippen molar-refractivity contribution in [1.29, 1.82) is 0 Å². The molecule has 0 spiro atoms. The van der Waals surface area contributed by atoms with Gasteiger partial charge in [-0.1, -0.05) is 43.1 Å². The molecule has 1 amide bonds. The van der Waals surface area contributed by atoms with Crippen molar-refractivity contribution in [3.63, 3.8) is 0 Å². The number of allylic oxidation sites excluding steroid dienone is 1. The van der Waals surface area contributed by atoms with E-state index in [4.69, 9.17) is 17.3 Å². The number of aliphatic imine (C=N–C) groups is 1. The number of benzene rings is 2. The first-order valence-electron chi connectivity index (χ1n) is 14.3. The van der Waals surface area contributed by atoms with Crippen LogP contribution in [0, 0.1) is 5.92 Å². The van der Waals surface area contributed by atoms with Crippen LogP contribution in [0.15, 0.2) is 94.9 Å². The summed E-state index contributed by atoms with van der Waals surface area (Å²) in [6.45, 7) is -1.13. The summed E-state index contributed by atoms with van der Waals surface area (Å²) >= 11 is 6.35. The number of fused-ring (bicyclic) bond motifs is 2. The zero-order valence-electron chi connectivity index (χ0n) is 24.6. The van der Waals surface area contributed by atoms with E-state index >= 15 is 0 Å². The highest BCUT2D eigenvalue weighted by Crippen LogP contribution is 2.35. The molecule has 2 bridgehead atoms. The Balaban J connectivity index is 1.57. The molecule has 3 N–H and O–H groups in total. The van der Waals surface area contributed by atoms with E-state index < -0.39 is 12.7 Å². The lowest BCUT2D eigenvalue weighted by molar-refractivity contribution is -0.123. The van der Waals surface area contributed by atoms with Gasteiger partial charge in [-0.15, -0.1) is 0 Å². The Morgan fingerprint density at radius 1 is 1.07 bits per heavy atom. The van der Waals surface area contributed by atoms with Crippen LogP contribution in [0.4, 0.5) is 8.78 Å². The molecule has 12 heteroatoms. The Kier molecular flexibility index (Phi) is 9.68. The summed E-state index contributed by atoms with van der Waals surface area (Å²) in [7, 11) is 1.61. The van der Waals surface area contributed by atoms with E-state index in [-0.39, 0.29) is 23.1 Å². The van der Waals surface area contributed by atoms with Crippen molar-refractivity contribution >= 4 is 23.2 Å². The Hall–Kier alpha value is -4.90. The molecule has 3 heterocycles. The molecular weight excluding hydrogens is 602 g/mol. The fraction of sp³-hybridized carbons (Fsp3) is 0.242. The van der Waals surface area contributed by atoms with Gasteiger partial charge in [0.25, 0.3) is 5.56 Å². The van der Waals surface area contributed by atoms with E-state index in [1.807, 2.05) is 13.0 Å². The average molecular weight is 633 g/mol. The molecule has 1 aliphatic heterocycles. The van der Waals surface area contributed by atoms with E-state index in [0.717, 1.165) is 0 Å². The molecule has 45 heavy (non-hydrogen) atoms. The lowest BCUT2D eigenvalue weighted by Gasteiger charge is -2.23. The maximum Gasteiger partial charge on any atom is 0.387 e. The van der Waals surface area contributed by atoms with E-state index in [1.54, 1.807) is 49.6 Å². The predicted molar refractivity (Wildman–Crippen MR) is 169 cm³/mol. The number of carbonyl (C=O) groups is 1. The fourth-order valence-corrected chi connectivity index (χ4v) is 5.58. The number of pyridine rings is 1. The van der Waals surface area contributed by atoms with E-state index in [1.165, 1.54) is 35.3 Å². The molecule has 0 saturated heterocycles. The molecule has 9 nitrogen and oxygen atoms in total. The molecular formula is C33H31ClF2N6O3. The van der Waals surface area contributed by atoms with Gasteiger partial charge in [-0.25, -0.2) is 4.98 Å². The number of carbonyl (C=O) groups excluding carboxylic acids is 1. The van der Waals surface area contributed by atoms with Crippen LogP contribution in [0.3, 0.4) is 0 Å². The number of nitrogens with two attached hydrogens (primary N) is 1. The second kappa shape index (κ2) is 13.8. The van der Waals surface area contributed by atoms with Gasteiger partial charge in [0.2, 0.25) is 5.91 Å². The second-order valence-corrected chi connectivity index (χ2v) is 11.0. The van der Waals surface area contributed by atoms with Crippen LogP contribution in [-0.2, 0) is 4.79 Å². The van der Waals surface area contributed by atoms with E-state index in [0.29, 0.717) is 69.3 Å². The SMILES string of the molecule is CN=C1C(=CN)NC(=O)C(C)CCCC(n2cnc(-c3cc(Cl)ccc3-c3cccc(OC(F)F)c3)cc2=O)c2cc1ccn2. The smallest absolute Gasteiger partial charge is 0.387 e. The maximum atomic E-state index is 13.8. The molecule has 0 radical (unpaired) electrons. The average Bonchev–Trinajstić information content (AvgIpc) is 3.02. The van der Waals surface area contributed by atoms with Crippen LogP contribution in [-0.4, -0.2) is 39.8 Å². The normalized spacial score (nSPS) is 19.2. The molecule has 0 fully saturated rings. The first kappa shape index (κ1) is 31.5. The molecule has 1 aliphatic rings. The highest BCUT2D eigenvalue weighted by Gasteiger charge is 2.24. The second-order valence-electron chi connectivity index (χ2n) is 10.6. The summed E-state index contributed by atoms with van der Waals surface area (Å²) in [6, 6.07) is 15.9. The molecule has 0 saturated carbocycles. The van der Waals surface area contributed by atoms with Gasteiger partial charge in [0.15, 0.2) is 0 Å². The number of aromatic nitrogens is 3. The molecule has 2 aromatic carbocycles. The van der Waals surface area contributed by atoms with Crippen molar-refractivity contribution in [2.75, 3.05) is 7.05 Å². The summed E-state index contributed by atoms with van der Waals surface area (Å²) in [5.41, 5.74) is 9.83. The monoisotopic (exact) mass is 632 g/mol. The Bertz CT molecular complexity index is 1840. The van der Waals surface area contributed by atoms with Crippen molar-refractivity contribution in [2.24, 2.45) is 16.6 Å². The Morgan fingerprint density at radius 2 is 1.89 bits per heavy atom. The van der Waals surface area contributed by atoms with Gasteiger partial charge in [0.05, 0.1) is 35.2 Å². The lowest BCUT2D eigenvalue weighted by Crippen LogP contribution is -2.33. The minimum Gasteiger partial charge on any atom is -0.435 e. The third kappa shape index (κ3) is 7.09. The Morgan fingerprint density at radius 3 is 2.62 bits per heavy atom. The van der Waals surface area contributed by atoms with Crippen LogP contribution >= 0.6 is 11.6 Å². The zero-order valence-corrected chi connectivity index (χ0v) is 25.3. The molecule has 5 rings (SSSR count). The summed E-state index contributed by atoms with van der Waals surface area (Å²) in [5, 5.41) is 3.30. The maximum absolute atomic E-state index is 13.8. The molecule has 232 valence electrons. The van der Waals surface area contributed by atoms with Gasteiger partial charge in [-0.3, -0.25) is 24.1 Å². The van der Waals surface area contributed by atoms with Gasteiger partial charge in [0.1, 0.15) is 5.75 Å². The van der Waals surface area contributed by atoms with Gasteiger partial charge in [0, 0.05) is 47.6 Å². The van der Waals surface area contributed by atoms with Crippen molar-refractivity contribution in [2.45, 2.75) is 38.8 Å². The standard InChI is InChI=1S/C33H31ClF2N6O3/c1-19-5-3-8-29(27-14-21(11-12-39-27)31(38-2)28(17-37)41-32(19)44)42-18-40-26(16-30(42)43)25-15-22(34)9-10-24(25)20-6-4-7-23(13-20)45-33(35)36/h4,6-7,9-19,29,33H,3,5,8,37H2,1-2H3,(H,41,44). The lowest BCUT2D eigenvalue weighted by atomic mass is 9.96. The zero-order chi connectivity index (χ0) is 32.1. The number of alkyl halides is 2. The number of hydrogen-bond donors (Lipinski definition) is 2. The number of ether oxygens (including phenoxy) is 1. The van der Waals surface area contributed by atoms with Crippen molar-refractivity contribution < 1.29 is 18.3 Å². The number of nitrogens with one attached hydrogen (secondary N) is 1. The van der Waals surface area contributed by atoms with E-state index in [9.17, 15) is 18.4 Å². The summed E-state index contributed by atoms with van der Waals surface area (Å²) in [6.07, 6.45) is 6.14. The number of halogens is 3. The molecule has 0 aliphatic carbocycles. The summed E-state index contributed by atoms with van der Waals surface area (Å²) in [4.78, 5) is 40.3. The quantitative estimate of drug-likeness (QED) is 0.279. The van der Waals surface area contributed by atoms with Crippen LogP contribution in [0.2, 0.25) is 5.02 Å². The van der Waals surface area contributed by atoms with E-state index in [2.05, 4.69) is 25.0 Å². The highest BCUT2D eigenvalue weighted by atomic mass is 35.5. The number of hydrogen-bond acceptors (Lipinski definition) is 7. The van der Waals surface area contributed by atoms with Crippen molar-refractivity contribution in [3.05, 3.63) is 112 Å². The van der Waals surface area contributed by atoms with Crippen molar-refractivity contribution in [1.82, 2.24) is 19.9 Å². The fourth-order valence-electron chi connectivity index (χ4n) is 5.41. The number of nitrogens with zero attached hydrogens (tertiary/aromatic N) is 4. The number of rotatable bonds is 5. The van der Waals surface area contributed by atoms with Crippen molar-refractivity contribution in [3.8, 4) is 28.1 Å². The van der Waals surface area contributed by atoms with Crippen LogP contribution in [0.25, 0.3) is 22.4 Å². The molecule has 2 atom stereocenters. The van der Waals surface area contributed by atoms with Gasteiger partial charge >= 0.3 is 6.61 Å². The van der Waals surface area contributed by atoms with Crippen LogP contribution < -0.4 is 21.3 Å². The van der Waals surface area contributed by atoms with Gasteiger partial charge in [-0.2, -0.15) is 8.78 Å². The van der Waals surface area contributed by atoms with Gasteiger partial charge < -0.3 is 15.8 Å². The topological polar surface area (TPSA) is 124 Å². The summed E-state index contributed by atoms with van der Waals surface area (Å²) < 4.78 is 31.8.